The summed E-state index contributed by atoms with van der Waals surface area (Å²) in [5, 5.41) is 3.50. The van der Waals surface area contributed by atoms with Crippen molar-refractivity contribution in [3.05, 3.63) is 59.1 Å². The molecule has 2 aromatic carbocycles. The van der Waals surface area contributed by atoms with Gasteiger partial charge in [0.05, 0.1) is 17.1 Å². The van der Waals surface area contributed by atoms with Crippen LogP contribution in [0, 0.1) is 6.92 Å². The third-order valence-corrected chi connectivity index (χ3v) is 3.95. The predicted octanol–water partition coefficient (Wildman–Crippen LogP) is 3.39. The van der Waals surface area contributed by atoms with Gasteiger partial charge >= 0.3 is 0 Å². The highest BCUT2D eigenvalue weighted by atomic mass is 35.5. The summed E-state index contributed by atoms with van der Waals surface area (Å²) in [6, 6.07) is 14.0. The van der Waals surface area contributed by atoms with Crippen molar-refractivity contribution in [1.29, 1.82) is 0 Å². The molecule has 0 aliphatic carbocycles. The summed E-state index contributed by atoms with van der Waals surface area (Å²) in [5.74, 6) is -0.526. The van der Waals surface area contributed by atoms with Crippen LogP contribution in [0.15, 0.2) is 48.5 Å². The SMILES string of the molecule is Cc1ccc(NC2CC(=O)N(c3ccccc3Cl)C2=O)cc1. The first kappa shape index (κ1) is 14.6. The van der Waals surface area contributed by atoms with Gasteiger partial charge in [0.1, 0.15) is 6.04 Å². The molecule has 2 amide bonds. The summed E-state index contributed by atoms with van der Waals surface area (Å²) in [4.78, 5) is 25.9. The van der Waals surface area contributed by atoms with Gasteiger partial charge in [-0.05, 0) is 31.2 Å². The molecule has 1 atom stereocenters. The Balaban J connectivity index is 1.82. The molecule has 4 nitrogen and oxygen atoms in total. The molecule has 3 rings (SSSR count). The Morgan fingerprint density at radius 1 is 1.09 bits per heavy atom. The Hall–Kier alpha value is -2.33. The van der Waals surface area contributed by atoms with E-state index in [1.807, 2.05) is 31.2 Å². The standard InChI is InChI=1S/C17H15ClN2O2/c1-11-6-8-12(9-7-11)19-14-10-16(21)20(17(14)22)15-5-3-2-4-13(15)18/h2-9,14,19H,10H2,1H3. The lowest BCUT2D eigenvalue weighted by molar-refractivity contribution is -0.121. The number of imide groups is 1. The molecule has 1 fully saturated rings. The second kappa shape index (κ2) is 5.81. The Labute approximate surface area is 133 Å². The molecule has 22 heavy (non-hydrogen) atoms. The maximum absolute atomic E-state index is 12.5. The minimum absolute atomic E-state index is 0.123. The fourth-order valence-corrected chi connectivity index (χ4v) is 2.70. The summed E-state index contributed by atoms with van der Waals surface area (Å²) < 4.78 is 0. The summed E-state index contributed by atoms with van der Waals surface area (Å²) in [6.45, 7) is 1.99. The van der Waals surface area contributed by atoms with Gasteiger partial charge in [0.15, 0.2) is 0 Å². The monoisotopic (exact) mass is 314 g/mol. The predicted molar refractivity (Wildman–Crippen MR) is 87.2 cm³/mol. The van der Waals surface area contributed by atoms with Gasteiger partial charge in [0.25, 0.3) is 5.91 Å². The summed E-state index contributed by atoms with van der Waals surface area (Å²) in [5.41, 5.74) is 2.39. The number of halogens is 1. The number of rotatable bonds is 3. The molecule has 0 bridgehead atoms. The lowest BCUT2D eigenvalue weighted by Gasteiger charge is -2.17. The van der Waals surface area contributed by atoms with Crippen molar-refractivity contribution in [2.45, 2.75) is 19.4 Å². The minimum atomic E-state index is -0.563. The van der Waals surface area contributed by atoms with Crippen LogP contribution in [0.2, 0.25) is 5.02 Å². The molecule has 1 aliphatic heterocycles. The van der Waals surface area contributed by atoms with Crippen molar-refractivity contribution >= 4 is 34.8 Å². The molecule has 1 unspecified atom stereocenters. The van der Waals surface area contributed by atoms with E-state index >= 15 is 0 Å². The third-order valence-electron chi connectivity index (χ3n) is 3.63. The van der Waals surface area contributed by atoms with E-state index in [1.54, 1.807) is 24.3 Å². The topological polar surface area (TPSA) is 49.4 Å². The van der Waals surface area contributed by atoms with E-state index in [1.165, 1.54) is 0 Å². The zero-order chi connectivity index (χ0) is 15.7. The number of hydrogen-bond acceptors (Lipinski definition) is 3. The fourth-order valence-electron chi connectivity index (χ4n) is 2.48. The largest absolute Gasteiger partial charge is 0.373 e. The first-order chi connectivity index (χ1) is 10.6. The van der Waals surface area contributed by atoms with Crippen molar-refractivity contribution in [2.24, 2.45) is 0 Å². The molecule has 5 heteroatoms. The average Bonchev–Trinajstić information content (AvgIpc) is 2.77. The third kappa shape index (κ3) is 2.70. The summed E-state index contributed by atoms with van der Waals surface area (Å²) in [6.07, 6.45) is 0.123. The Morgan fingerprint density at radius 2 is 1.77 bits per heavy atom. The first-order valence-corrected chi connectivity index (χ1v) is 7.38. The zero-order valence-electron chi connectivity index (χ0n) is 12.0. The molecule has 1 saturated heterocycles. The van der Waals surface area contributed by atoms with Crippen molar-refractivity contribution < 1.29 is 9.59 Å². The van der Waals surface area contributed by atoms with E-state index in [0.29, 0.717) is 10.7 Å². The van der Waals surface area contributed by atoms with Gasteiger partial charge in [0.2, 0.25) is 5.91 Å². The maximum atomic E-state index is 12.5. The number of nitrogens with one attached hydrogen (secondary N) is 1. The zero-order valence-corrected chi connectivity index (χ0v) is 12.8. The van der Waals surface area contributed by atoms with Gasteiger partial charge in [-0.1, -0.05) is 41.4 Å². The van der Waals surface area contributed by atoms with E-state index in [9.17, 15) is 9.59 Å². The second-order valence-electron chi connectivity index (χ2n) is 5.29. The molecule has 1 N–H and O–H groups in total. The molecule has 0 radical (unpaired) electrons. The van der Waals surface area contributed by atoms with Crippen molar-refractivity contribution in [1.82, 2.24) is 0 Å². The number of anilines is 2. The highest BCUT2D eigenvalue weighted by molar-refractivity contribution is 6.36. The van der Waals surface area contributed by atoms with Gasteiger partial charge in [-0.3, -0.25) is 9.59 Å². The van der Waals surface area contributed by atoms with Crippen LogP contribution in [-0.2, 0) is 9.59 Å². The van der Waals surface area contributed by atoms with Crippen molar-refractivity contribution in [3.8, 4) is 0 Å². The maximum Gasteiger partial charge on any atom is 0.256 e. The highest BCUT2D eigenvalue weighted by Crippen LogP contribution is 2.30. The van der Waals surface area contributed by atoms with Crippen LogP contribution >= 0.6 is 11.6 Å². The number of nitrogens with zero attached hydrogens (tertiary/aromatic N) is 1. The lowest BCUT2D eigenvalue weighted by atomic mass is 10.2. The summed E-state index contributed by atoms with van der Waals surface area (Å²) in [7, 11) is 0. The van der Waals surface area contributed by atoms with Crippen LogP contribution in [0.1, 0.15) is 12.0 Å². The van der Waals surface area contributed by atoms with E-state index < -0.39 is 6.04 Å². The van der Waals surface area contributed by atoms with E-state index in [4.69, 9.17) is 11.6 Å². The Kier molecular flexibility index (Phi) is 3.86. The number of hydrogen-bond donors (Lipinski definition) is 1. The molecular weight excluding hydrogens is 300 g/mol. The van der Waals surface area contributed by atoms with Gasteiger partial charge in [-0.25, -0.2) is 4.90 Å². The number of carbonyl (C=O) groups is 2. The highest BCUT2D eigenvalue weighted by Gasteiger charge is 2.40. The van der Waals surface area contributed by atoms with Gasteiger partial charge in [-0.2, -0.15) is 0 Å². The van der Waals surface area contributed by atoms with Crippen LogP contribution < -0.4 is 10.2 Å². The van der Waals surface area contributed by atoms with Crippen LogP contribution in [0.4, 0.5) is 11.4 Å². The van der Waals surface area contributed by atoms with Gasteiger partial charge < -0.3 is 5.32 Å². The van der Waals surface area contributed by atoms with Gasteiger partial charge in [0, 0.05) is 5.69 Å². The molecule has 0 aromatic heterocycles. The Morgan fingerprint density at radius 3 is 2.45 bits per heavy atom. The van der Waals surface area contributed by atoms with E-state index in [2.05, 4.69) is 5.32 Å². The molecule has 2 aromatic rings. The number of carbonyl (C=O) groups excluding carboxylic acids is 2. The average molecular weight is 315 g/mol. The van der Waals surface area contributed by atoms with Crippen LogP contribution in [0.25, 0.3) is 0 Å². The lowest BCUT2D eigenvalue weighted by Crippen LogP contribution is -2.34. The summed E-state index contributed by atoms with van der Waals surface area (Å²) >= 11 is 6.09. The fraction of sp³-hybridized carbons (Fsp3) is 0.176. The van der Waals surface area contributed by atoms with Crippen LogP contribution in [-0.4, -0.2) is 17.9 Å². The van der Waals surface area contributed by atoms with Crippen molar-refractivity contribution in [2.75, 3.05) is 10.2 Å². The number of amides is 2. The Bertz CT molecular complexity index is 728. The van der Waals surface area contributed by atoms with E-state index in [0.717, 1.165) is 16.2 Å². The molecular formula is C17H15ClN2O2. The molecule has 112 valence electrons. The van der Waals surface area contributed by atoms with Crippen LogP contribution in [0.3, 0.4) is 0 Å². The number of aryl methyl sites for hydroxylation is 1. The van der Waals surface area contributed by atoms with Crippen LogP contribution in [0.5, 0.6) is 0 Å². The van der Waals surface area contributed by atoms with Gasteiger partial charge in [-0.15, -0.1) is 0 Å². The quantitative estimate of drug-likeness (QED) is 0.883. The second-order valence-corrected chi connectivity index (χ2v) is 5.69. The molecule has 1 heterocycles. The normalized spacial score (nSPS) is 17.9. The minimum Gasteiger partial charge on any atom is -0.373 e. The number of benzene rings is 2. The van der Waals surface area contributed by atoms with Crippen molar-refractivity contribution in [3.63, 3.8) is 0 Å². The molecule has 0 spiro atoms. The molecule has 1 aliphatic rings. The number of para-hydroxylation sites is 1. The first-order valence-electron chi connectivity index (χ1n) is 7.01. The van der Waals surface area contributed by atoms with E-state index in [-0.39, 0.29) is 18.2 Å². The smallest absolute Gasteiger partial charge is 0.256 e. The molecule has 0 saturated carbocycles.